The zero-order chi connectivity index (χ0) is 18.7. The van der Waals surface area contributed by atoms with E-state index >= 15 is 0 Å². The number of halogens is 1. The van der Waals surface area contributed by atoms with Crippen LogP contribution in [0.1, 0.15) is 37.7 Å². The van der Waals surface area contributed by atoms with Crippen LogP contribution >= 0.6 is 11.6 Å². The third-order valence-corrected chi connectivity index (χ3v) is 5.31. The summed E-state index contributed by atoms with van der Waals surface area (Å²) in [5.41, 5.74) is 1.45. The highest BCUT2D eigenvalue weighted by molar-refractivity contribution is 6.31. The predicted octanol–water partition coefficient (Wildman–Crippen LogP) is 2.92. The van der Waals surface area contributed by atoms with Crippen molar-refractivity contribution in [3.63, 3.8) is 0 Å². The molecule has 7 heteroatoms. The highest BCUT2D eigenvalue weighted by Gasteiger charge is 2.39. The van der Waals surface area contributed by atoms with E-state index in [0.29, 0.717) is 17.3 Å². The van der Waals surface area contributed by atoms with E-state index in [-0.39, 0.29) is 25.0 Å². The molecule has 1 aliphatic heterocycles. The lowest BCUT2D eigenvalue weighted by Gasteiger charge is -2.23. The first-order valence-corrected chi connectivity index (χ1v) is 9.34. The molecule has 1 saturated carbocycles. The molecule has 0 bridgehead atoms. The van der Waals surface area contributed by atoms with Crippen LogP contribution in [0.2, 0.25) is 5.02 Å². The van der Waals surface area contributed by atoms with Crippen LogP contribution in [0.15, 0.2) is 18.2 Å². The van der Waals surface area contributed by atoms with Gasteiger partial charge in [0.2, 0.25) is 5.91 Å². The van der Waals surface area contributed by atoms with Gasteiger partial charge in [0.05, 0.1) is 5.92 Å². The van der Waals surface area contributed by atoms with E-state index in [0.717, 1.165) is 31.2 Å². The van der Waals surface area contributed by atoms with E-state index in [2.05, 4.69) is 5.32 Å². The molecule has 1 atom stereocenters. The van der Waals surface area contributed by atoms with Gasteiger partial charge in [-0.1, -0.05) is 30.5 Å². The lowest BCUT2D eigenvalue weighted by Crippen LogP contribution is -2.35. The topological polar surface area (TPSA) is 75.7 Å². The molecule has 1 aromatic rings. The van der Waals surface area contributed by atoms with E-state index in [4.69, 9.17) is 16.3 Å². The smallest absolute Gasteiger partial charge is 0.311 e. The van der Waals surface area contributed by atoms with Crippen molar-refractivity contribution in [3.05, 3.63) is 28.8 Å². The van der Waals surface area contributed by atoms with Gasteiger partial charge >= 0.3 is 5.97 Å². The Kier molecular flexibility index (Phi) is 5.81. The summed E-state index contributed by atoms with van der Waals surface area (Å²) >= 11 is 5.92. The van der Waals surface area contributed by atoms with Crippen molar-refractivity contribution in [1.29, 1.82) is 0 Å². The molecule has 26 heavy (non-hydrogen) atoms. The summed E-state index contributed by atoms with van der Waals surface area (Å²) in [6.07, 6.45) is 4.45. The van der Waals surface area contributed by atoms with E-state index in [1.54, 1.807) is 18.2 Å². The minimum atomic E-state index is -0.489. The lowest BCUT2D eigenvalue weighted by molar-refractivity contribution is -0.151. The second kappa shape index (κ2) is 8.08. The van der Waals surface area contributed by atoms with Crippen LogP contribution in [0.4, 0.5) is 5.69 Å². The monoisotopic (exact) mass is 378 g/mol. The van der Waals surface area contributed by atoms with Crippen molar-refractivity contribution in [2.45, 2.75) is 45.1 Å². The molecule has 6 nitrogen and oxygen atoms in total. The van der Waals surface area contributed by atoms with Crippen molar-refractivity contribution >= 4 is 35.1 Å². The quantitative estimate of drug-likeness (QED) is 0.799. The van der Waals surface area contributed by atoms with E-state index in [1.807, 2.05) is 11.8 Å². The summed E-state index contributed by atoms with van der Waals surface area (Å²) in [5.74, 6) is -1.39. The molecule has 1 heterocycles. The van der Waals surface area contributed by atoms with Crippen molar-refractivity contribution in [3.8, 4) is 0 Å². The second-order valence-corrected chi connectivity index (χ2v) is 7.44. The average Bonchev–Trinajstić information content (AvgIpc) is 3.25. The van der Waals surface area contributed by atoms with Gasteiger partial charge < -0.3 is 15.0 Å². The Morgan fingerprint density at radius 3 is 2.77 bits per heavy atom. The molecule has 0 radical (unpaired) electrons. The van der Waals surface area contributed by atoms with Gasteiger partial charge in [-0.2, -0.15) is 0 Å². The maximum Gasteiger partial charge on any atom is 0.311 e. The molecule has 2 aliphatic rings. The Bertz CT molecular complexity index is 715. The SMILES string of the molecule is Cc1ccc(Cl)cc1NC(=O)COC(=O)[C@@H]1CC(=O)N(C2CCCC2)C1. The van der Waals surface area contributed by atoms with Crippen LogP contribution in [-0.2, 0) is 19.1 Å². The molecule has 0 unspecified atom stereocenters. The third-order valence-electron chi connectivity index (χ3n) is 5.08. The number of rotatable bonds is 5. The molecule has 2 amide bonds. The Labute approximate surface area is 157 Å². The van der Waals surface area contributed by atoms with Crippen molar-refractivity contribution in [2.24, 2.45) is 5.92 Å². The minimum Gasteiger partial charge on any atom is -0.455 e. The maximum absolute atomic E-state index is 12.2. The number of hydrogen-bond donors (Lipinski definition) is 1. The van der Waals surface area contributed by atoms with Crippen molar-refractivity contribution in [1.82, 2.24) is 4.90 Å². The van der Waals surface area contributed by atoms with Crippen LogP contribution in [0.5, 0.6) is 0 Å². The third kappa shape index (κ3) is 4.36. The molecule has 140 valence electrons. The summed E-state index contributed by atoms with van der Waals surface area (Å²) in [6, 6.07) is 5.44. The number of likely N-dealkylation sites (tertiary alicyclic amines) is 1. The van der Waals surface area contributed by atoms with Crippen LogP contribution < -0.4 is 5.32 Å². The molecule has 3 rings (SSSR count). The Morgan fingerprint density at radius 2 is 2.04 bits per heavy atom. The number of ether oxygens (including phenoxy) is 1. The van der Waals surface area contributed by atoms with Gasteiger partial charge in [0.15, 0.2) is 6.61 Å². The van der Waals surface area contributed by atoms with Crippen LogP contribution in [0, 0.1) is 12.8 Å². The number of nitrogens with one attached hydrogen (secondary N) is 1. The molecule has 1 saturated heterocycles. The van der Waals surface area contributed by atoms with Crippen LogP contribution in [0.3, 0.4) is 0 Å². The zero-order valence-electron chi connectivity index (χ0n) is 14.8. The average molecular weight is 379 g/mol. The number of carbonyl (C=O) groups is 3. The predicted molar refractivity (Wildman–Crippen MR) is 97.9 cm³/mol. The molecular formula is C19H23ClN2O4. The van der Waals surface area contributed by atoms with Gasteiger partial charge in [-0.3, -0.25) is 14.4 Å². The fourth-order valence-corrected chi connectivity index (χ4v) is 3.80. The summed E-state index contributed by atoms with van der Waals surface area (Å²) < 4.78 is 5.13. The molecule has 1 aliphatic carbocycles. The van der Waals surface area contributed by atoms with Crippen molar-refractivity contribution < 1.29 is 19.1 Å². The van der Waals surface area contributed by atoms with Gasteiger partial charge in [0.25, 0.3) is 5.91 Å². The fourth-order valence-electron chi connectivity index (χ4n) is 3.63. The Hall–Kier alpha value is -2.08. The maximum atomic E-state index is 12.2. The number of carbonyl (C=O) groups excluding carboxylic acids is 3. The fraction of sp³-hybridized carbons (Fsp3) is 0.526. The van der Waals surface area contributed by atoms with Gasteiger partial charge in [-0.15, -0.1) is 0 Å². The molecule has 2 fully saturated rings. The van der Waals surface area contributed by atoms with E-state index < -0.39 is 17.8 Å². The van der Waals surface area contributed by atoms with Gasteiger partial charge in [0.1, 0.15) is 0 Å². The Balaban J connectivity index is 1.48. The highest BCUT2D eigenvalue weighted by Crippen LogP contribution is 2.29. The second-order valence-electron chi connectivity index (χ2n) is 7.00. The summed E-state index contributed by atoms with van der Waals surface area (Å²) in [5, 5.41) is 3.19. The number of amides is 2. The van der Waals surface area contributed by atoms with E-state index in [1.165, 1.54) is 0 Å². The molecule has 1 aromatic carbocycles. The first-order valence-electron chi connectivity index (χ1n) is 8.96. The summed E-state index contributed by atoms with van der Waals surface area (Å²) in [4.78, 5) is 38.2. The first-order chi connectivity index (χ1) is 12.4. The number of benzene rings is 1. The van der Waals surface area contributed by atoms with Gasteiger partial charge in [-0.25, -0.2) is 0 Å². The lowest BCUT2D eigenvalue weighted by atomic mass is 10.1. The van der Waals surface area contributed by atoms with Crippen molar-refractivity contribution in [2.75, 3.05) is 18.5 Å². The number of esters is 1. The Morgan fingerprint density at radius 1 is 1.31 bits per heavy atom. The van der Waals surface area contributed by atoms with Gasteiger partial charge in [0, 0.05) is 29.7 Å². The molecular weight excluding hydrogens is 356 g/mol. The highest BCUT2D eigenvalue weighted by atomic mass is 35.5. The van der Waals surface area contributed by atoms with E-state index in [9.17, 15) is 14.4 Å². The molecule has 1 N–H and O–H groups in total. The minimum absolute atomic E-state index is 0.0119. The van der Waals surface area contributed by atoms with Crippen LogP contribution in [0.25, 0.3) is 0 Å². The normalized spacial score (nSPS) is 20.5. The zero-order valence-corrected chi connectivity index (χ0v) is 15.6. The molecule has 0 aromatic heterocycles. The molecule has 0 spiro atoms. The summed E-state index contributed by atoms with van der Waals surface area (Å²) in [7, 11) is 0. The standard InChI is InChI=1S/C19H23ClN2O4/c1-12-6-7-14(20)9-16(12)21-17(23)11-26-19(25)13-8-18(24)22(10-13)15-4-2-3-5-15/h6-7,9,13,15H,2-5,8,10-11H2,1H3,(H,21,23)/t13-/m1/s1. The number of hydrogen-bond acceptors (Lipinski definition) is 4. The summed E-state index contributed by atoms with van der Waals surface area (Å²) in [6.45, 7) is 1.87. The number of anilines is 1. The first kappa shape index (κ1) is 18.7. The van der Waals surface area contributed by atoms with Crippen LogP contribution in [-0.4, -0.2) is 41.9 Å². The number of aryl methyl sites for hydroxylation is 1. The van der Waals surface area contributed by atoms with Gasteiger partial charge in [-0.05, 0) is 37.5 Å². The number of nitrogens with zero attached hydrogens (tertiary/aromatic N) is 1. The largest absolute Gasteiger partial charge is 0.455 e.